The second-order valence-corrected chi connectivity index (χ2v) is 10.7. The van der Waals surface area contributed by atoms with Crippen LogP contribution in [0.25, 0.3) is 0 Å². The highest BCUT2D eigenvalue weighted by molar-refractivity contribution is 7.91. The van der Waals surface area contributed by atoms with Crippen molar-refractivity contribution in [1.29, 1.82) is 0 Å². The van der Waals surface area contributed by atoms with E-state index in [0.717, 1.165) is 5.56 Å². The first kappa shape index (κ1) is 27.1. The van der Waals surface area contributed by atoms with Gasteiger partial charge in [-0.05, 0) is 79.1 Å². The Kier molecular flexibility index (Phi) is 9.39. The van der Waals surface area contributed by atoms with Gasteiger partial charge in [0.25, 0.3) is 0 Å². The van der Waals surface area contributed by atoms with Crippen molar-refractivity contribution in [1.82, 2.24) is 0 Å². The van der Waals surface area contributed by atoms with Crippen LogP contribution in [0.3, 0.4) is 0 Å². The fourth-order valence-corrected chi connectivity index (χ4v) is 4.81. The van der Waals surface area contributed by atoms with Crippen LogP contribution in [0, 0.1) is 23.7 Å². The highest BCUT2D eigenvalue weighted by atomic mass is 35.5. The van der Waals surface area contributed by atoms with Crippen molar-refractivity contribution in [3.05, 3.63) is 111 Å². The number of carbonyl (C=O) groups is 1. The monoisotopic (exact) mass is 536 g/mol. The summed E-state index contributed by atoms with van der Waals surface area (Å²) in [7, 11) is -3.52. The van der Waals surface area contributed by atoms with E-state index in [-0.39, 0.29) is 10.6 Å². The lowest BCUT2D eigenvalue weighted by Crippen LogP contribution is -2.08. The molecule has 0 fully saturated rings. The molecule has 0 aliphatic rings. The number of benzene rings is 3. The van der Waals surface area contributed by atoms with Gasteiger partial charge in [-0.25, -0.2) is 8.42 Å². The van der Waals surface area contributed by atoms with Gasteiger partial charge in [0.2, 0.25) is 0 Å². The molecule has 0 saturated carbocycles. The Hall–Kier alpha value is -3.48. The Morgan fingerprint density at radius 3 is 2.17 bits per heavy atom. The molecule has 0 amide bonds. The molecule has 1 unspecified atom stereocenters. The smallest absolute Gasteiger partial charge is 0.304 e. The minimum absolute atomic E-state index is 0.173. The Labute approximate surface area is 221 Å². The molecule has 0 saturated heterocycles. The van der Waals surface area contributed by atoms with E-state index >= 15 is 0 Å². The summed E-state index contributed by atoms with van der Waals surface area (Å²) in [4.78, 5) is 11.9. The largest absolute Gasteiger partial charge is 0.444 e. The number of carbonyl (C=O) groups excluding carboxylic acids is 1. The van der Waals surface area contributed by atoms with Gasteiger partial charge in [0.15, 0.2) is 15.9 Å². The van der Waals surface area contributed by atoms with E-state index < -0.39 is 21.9 Å². The molecule has 0 spiro atoms. The quantitative estimate of drug-likeness (QED) is 0.278. The summed E-state index contributed by atoms with van der Waals surface area (Å²) in [6, 6.07) is 20.2. The summed E-state index contributed by atoms with van der Waals surface area (Å²) in [5.41, 5.74) is 2.54. The van der Waals surface area contributed by atoms with Crippen molar-refractivity contribution >= 4 is 39.0 Å². The second-order valence-electron chi connectivity index (χ2n) is 7.83. The van der Waals surface area contributed by atoms with Crippen molar-refractivity contribution in [2.45, 2.75) is 24.8 Å². The van der Waals surface area contributed by atoms with Crippen molar-refractivity contribution in [3.63, 3.8) is 0 Å². The average Bonchev–Trinajstić information content (AvgIpc) is 2.83. The fraction of sp³-hybridized carbons (Fsp3) is 0.138. The summed E-state index contributed by atoms with van der Waals surface area (Å²) in [6.45, 7) is 3.02. The summed E-state index contributed by atoms with van der Waals surface area (Å²) < 4.78 is 30.7. The third kappa shape index (κ3) is 8.04. The normalized spacial score (nSPS) is 11.9. The van der Waals surface area contributed by atoms with Crippen LogP contribution in [0.15, 0.2) is 89.3 Å². The Balaban J connectivity index is 1.85. The molecule has 7 heteroatoms. The van der Waals surface area contributed by atoms with Gasteiger partial charge in [-0.2, -0.15) is 0 Å². The van der Waals surface area contributed by atoms with Gasteiger partial charge >= 0.3 is 5.97 Å². The number of sulfone groups is 1. The van der Waals surface area contributed by atoms with Crippen LogP contribution in [0.4, 0.5) is 0 Å². The summed E-state index contributed by atoms with van der Waals surface area (Å²) >= 11 is 11.8. The first-order chi connectivity index (χ1) is 17.1. The summed E-state index contributed by atoms with van der Waals surface area (Å²) in [6.07, 6.45) is 0.726. The van der Waals surface area contributed by atoms with Gasteiger partial charge < -0.3 is 4.74 Å². The van der Waals surface area contributed by atoms with Crippen LogP contribution in [0.5, 0.6) is 0 Å². The van der Waals surface area contributed by atoms with Gasteiger partial charge in [0.1, 0.15) is 0 Å². The molecule has 36 heavy (non-hydrogen) atoms. The molecular weight excluding hydrogens is 515 g/mol. The van der Waals surface area contributed by atoms with Gasteiger partial charge in [-0.1, -0.05) is 59.2 Å². The maximum absolute atomic E-state index is 12.6. The van der Waals surface area contributed by atoms with E-state index in [9.17, 15) is 13.2 Å². The molecule has 0 aromatic heterocycles. The van der Waals surface area contributed by atoms with E-state index in [1.54, 1.807) is 67.6 Å². The number of halogens is 2. The molecule has 1 atom stereocenters. The summed E-state index contributed by atoms with van der Waals surface area (Å²) in [5, 5.41) is 1.07. The molecule has 3 aromatic rings. The topological polar surface area (TPSA) is 60.4 Å². The lowest BCUT2D eigenvalue weighted by molar-refractivity contribution is -0.144. The molecule has 0 N–H and O–H groups in total. The third-order valence-electron chi connectivity index (χ3n) is 4.83. The van der Waals surface area contributed by atoms with Gasteiger partial charge in [-0.15, -0.1) is 0 Å². The van der Waals surface area contributed by atoms with Gasteiger partial charge in [-0.3, -0.25) is 4.79 Å². The van der Waals surface area contributed by atoms with Crippen LogP contribution in [-0.2, 0) is 19.4 Å². The van der Waals surface area contributed by atoms with Crippen molar-refractivity contribution in [3.8, 4) is 23.7 Å². The lowest BCUT2D eigenvalue weighted by atomic mass is 10.0. The first-order valence-electron chi connectivity index (χ1n) is 10.8. The molecule has 4 nitrogen and oxygen atoms in total. The first-order valence-corrected chi connectivity index (χ1v) is 13.2. The van der Waals surface area contributed by atoms with Crippen LogP contribution in [0.2, 0.25) is 10.0 Å². The number of allylic oxidation sites excluding steroid dienone is 1. The second kappa shape index (κ2) is 12.5. The van der Waals surface area contributed by atoms with Crippen molar-refractivity contribution in [2.24, 2.45) is 0 Å². The third-order valence-corrected chi connectivity index (χ3v) is 7.16. The number of esters is 1. The lowest BCUT2D eigenvalue weighted by Gasteiger charge is -2.13. The predicted molar refractivity (Wildman–Crippen MR) is 143 cm³/mol. The van der Waals surface area contributed by atoms with Crippen LogP contribution in [0.1, 0.15) is 36.6 Å². The molecule has 3 aromatic carbocycles. The highest BCUT2D eigenvalue weighted by Crippen LogP contribution is 2.22. The molecular formula is C29H22Cl2O4S. The average molecular weight is 537 g/mol. The zero-order valence-corrected chi connectivity index (χ0v) is 21.9. The number of hydrogen-bond donors (Lipinski definition) is 0. The Morgan fingerprint density at radius 1 is 0.917 bits per heavy atom. The Bertz CT molecular complexity index is 1500. The zero-order valence-electron chi connectivity index (χ0n) is 19.6. The van der Waals surface area contributed by atoms with Gasteiger partial charge in [0, 0.05) is 33.7 Å². The number of hydrogen-bond acceptors (Lipinski definition) is 4. The zero-order chi connectivity index (χ0) is 26.1. The van der Waals surface area contributed by atoms with Crippen LogP contribution in [-0.4, -0.2) is 20.1 Å². The van der Waals surface area contributed by atoms with Crippen molar-refractivity contribution < 1.29 is 17.9 Å². The SMILES string of the molecule is CC(=O)OC(C#Cc1ccc(Cl)cc1)c1ccccc1C#C/C=C(\C)CS(=O)(=O)c1ccc(Cl)cc1. The van der Waals surface area contributed by atoms with E-state index in [2.05, 4.69) is 23.7 Å². The maximum atomic E-state index is 12.6. The van der Waals surface area contributed by atoms with E-state index in [1.165, 1.54) is 19.1 Å². The molecule has 182 valence electrons. The molecule has 0 radical (unpaired) electrons. The predicted octanol–water partition coefficient (Wildman–Crippen LogP) is 6.42. The summed E-state index contributed by atoms with van der Waals surface area (Å²) in [5.74, 6) is 11.3. The number of rotatable bonds is 5. The Morgan fingerprint density at radius 2 is 1.53 bits per heavy atom. The molecule has 0 bridgehead atoms. The molecule has 0 heterocycles. The van der Waals surface area contributed by atoms with Gasteiger partial charge in [0.05, 0.1) is 10.6 Å². The molecule has 3 rings (SSSR count). The van der Waals surface area contributed by atoms with E-state index in [0.29, 0.717) is 26.7 Å². The maximum Gasteiger partial charge on any atom is 0.304 e. The highest BCUT2D eigenvalue weighted by Gasteiger charge is 2.16. The van der Waals surface area contributed by atoms with Crippen LogP contribution >= 0.6 is 23.2 Å². The molecule has 0 aliphatic heterocycles. The minimum atomic E-state index is -3.52. The molecule has 0 aliphatic carbocycles. The van der Waals surface area contributed by atoms with Crippen molar-refractivity contribution in [2.75, 3.05) is 5.75 Å². The van der Waals surface area contributed by atoms with E-state index in [4.69, 9.17) is 27.9 Å². The fourth-order valence-electron chi connectivity index (χ4n) is 3.16. The van der Waals surface area contributed by atoms with Crippen LogP contribution < -0.4 is 0 Å². The minimum Gasteiger partial charge on any atom is -0.444 e. The number of ether oxygens (including phenoxy) is 1. The van der Waals surface area contributed by atoms with E-state index in [1.807, 2.05) is 6.07 Å². The standard InChI is InChI=1S/C29H22Cl2O4S/c1-21(20-36(33,34)27-17-15-26(31)16-18-27)6-5-8-24-7-3-4-9-28(24)29(35-22(2)32)19-12-23-10-13-25(30)14-11-23/h3-4,6-7,9-11,13-18,29H,20H2,1-2H3/b21-6+.